The minimum absolute atomic E-state index is 0.129. The Morgan fingerprint density at radius 1 is 1.11 bits per heavy atom. The number of hydrogen-bond acceptors (Lipinski definition) is 2. The first-order chi connectivity index (χ1) is 9.11. The average molecular weight is 319 g/mol. The normalized spacial score (nSPS) is 14.1. The third-order valence-electron chi connectivity index (χ3n) is 3.56. The monoisotopic (exact) mass is 318 g/mol. The van der Waals surface area contributed by atoms with Gasteiger partial charge in [-0.15, -0.1) is 0 Å². The maximum absolute atomic E-state index is 6.28. The number of aromatic nitrogens is 1. The van der Waals surface area contributed by atoms with Gasteiger partial charge in [-0.05, 0) is 51.0 Å². The minimum atomic E-state index is -0.129. The molecular weight excluding hydrogens is 300 g/mol. The summed E-state index contributed by atoms with van der Waals surface area (Å²) >= 11 is 3.42. The summed E-state index contributed by atoms with van der Waals surface area (Å²) in [5.41, 5.74) is 9.79. The molecule has 2 atom stereocenters. The first-order valence-corrected chi connectivity index (χ1v) is 7.37. The van der Waals surface area contributed by atoms with Gasteiger partial charge in [0.05, 0.1) is 6.04 Å². The number of pyridine rings is 1. The Morgan fingerprint density at radius 3 is 2.32 bits per heavy atom. The summed E-state index contributed by atoms with van der Waals surface area (Å²) in [6, 6.07) is 10.5. The molecule has 1 aromatic heterocycles. The Labute approximate surface area is 123 Å². The summed E-state index contributed by atoms with van der Waals surface area (Å²) in [6.07, 6.45) is 4.74. The Hall–Kier alpha value is -1.19. The second-order valence-corrected chi connectivity index (χ2v) is 5.81. The van der Waals surface area contributed by atoms with Gasteiger partial charge in [0.15, 0.2) is 0 Å². The zero-order valence-electron chi connectivity index (χ0n) is 11.3. The predicted octanol–water partition coefficient (Wildman–Crippen LogP) is 4.41. The summed E-state index contributed by atoms with van der Waals surface area (Å²) in [5, 5.41) is 0. The highest BCUT2D eigenvalue weighted by molar-refractivity contribution is 9.10. The van der Waals surface area contributed by atoms with Gasteiger partial charge in [0.1, 0.15) is 0 Å². The molecule has 2 rings (SSSR count). The fourth-order valence-electron chi connectivity index (χ4n) is 2.06. The molecule has 2 aromatic rings. The quantitative estimate of drug-likeness (QED) is 0.907. The molecule has 2 N–H and O–H groups in total. The van der Waals surface area contributed by atoms with Gasteiger partial charge in [-0.3, -0.25) is 4.98 Å². The third kappa shape index (κ3) is 3.43. The highest BCUT2D eigenvalue weighted by atomic mass is 79.9. The van der Waals surface area contributed by atoms with Gasteiger partial charge < -0.3 is 5.73 Å². The van der Waals surface area contributed by atoms with Gasteiger partial charge in [-0.1, -0.05) is 38.1 Å². The SMILES string of the molecule is CCC(C)c1ccc(C(N)c2cncc(Br)c2)cc1. The van der Waals surface area contributed by atoms with Crippen LogP contribution in [0.2, 0.25) is 0 Å². The molecular formula is C16H19BrN2. The van der Waals surface area contributed by atoms with E-state index in [-0.39, 0.29) is 6.04 Å². The van der Waals surface area contributed by atoms with E-state index >= 15 is 0 Å². The summed E-state index contributed by atoms with van der Waals surface area (Å²) in [5.74, 6) is 0.595. The lowest BCUT2D eigenvalue weighted by Crippen LogP contribution is -2.12. The van der Waals surface area contributed by atoms with Gasteiger partial charge in [0, 0.05) is 16.9 Å². The Morgan fingerprint density at radius 2 is 1.74 bits per heavy atom. The van der Waals surface area contributed by atoms with Crippen molar-refractivity contribution in [1.82, 2.24) is 4.98 Å². The molecule has 0 saturated heterocycles. The summed E-state index contributed by atoms with van der Waals surface area (Å²) in [7, 11) is 0. The first-order valence-electron chi connectivity index (χ1n) is 6.57. The van der Waals surface area contributed by atoms with E-state index in [0.717, 1.165) is 22.0 Å². The molecule has 0 saturated carbocycles. The Bertz CT molecular complexity index is 537. The van der Waals surface area contributed by atoms with Crippen molar-refractivity contribution in [1.29, 1.82) is 0 Å². The van der Waals surface area contributed by atoms with Crippen LogP contribution in [0.15, 0.2) is 47.2 Å². The molecule has 0 aliphatic heterocycles. The van der Waals surface area contributed by atoms with Crippen LogP contribution in [0.1, 0.15) is 48.9 Å². The van der Waals surface area contributed by atoms with Gasteiger partial charge in [-0.25, -0.2) is 0 Å². The highest BCUT2D eigenvalue weighted by Crippen LogP contribution is 2.24. The van der Waals surface area contributed by atoms with Crippen LogP contribution in [-0.4, -0.2) is 4.98 Å². The lowest BCUT2D eigenvalue weighted by atomic mass is 9.94. The number of nitrogens with two attached hydrogens (primary N) is 1. The Kier molecular flexibility index (Phi) is 4.72. The van der Waals surface area contributed by atoms with Gasteiger partial charge in [-0.2, -0.15) is 0 Å². The van der Waals surface area contributed by atoms with E-state index in [0.29, 0.717) is 5.92 Å². The molecule has 2 unspecified atom stereocenters. The van der Waals surface area contributed by atoms with Crippen molar-refractivity contribution in [2.45, 2.75) is 32.2 Å². The molecule has 0 aliphatic carbocycles. The molecule has 100 valence electrons. The molecule has 0 aliphatic rings. The van der Waals surface area contributed by atoms with E-state index < -0.39 is 0 Å². The second kappa shape index (κ2) is 6.31. The Balaban J connectivity index is 2.22. The van der Waals surface area contributed by atoms with Crippen LogP contribution in [0.3, 0.4) is 0 Å². The molecule has 1 aromatic carbocycles. The fraction of sp³-hybridized carbons (Fsp3) is 0.312. The van der Waals surface area contributed by atoms with Crippen molar-refractivity contribution in [2.24, 2.45) is 5.73 Å². The maximum atomic E-state index is 6.28. The van der Waals surface area contributed by atoms with E-state index in [9.17, 15) is 0 Å². The van der Waals surface area contributed by atoms with Crippen molar-refractivity contribution in [3.63, 3.8) is 0 Å². The second-order valence-electron chi connectivity index (χ2n) is 4.89. The molecule has 3 heteroatoms. The maximum Gasteiger partial charge on any atom is 0.0567 e. The number of hydrogen-bond donors (Lipinski definition) is 1. The number of halogens is 1. The van der Waals surface area contributed by atoms with Gasteiger partial charge in [0.25, 0.3) is 0 Å². The summed E-state index contributed by atoms with van der Waals surface area (Å²) in [6.45, 7) is 4.45. The molecule has 0 spiro atoms. The topological polar surface area (TPSA) is 38.9 Å². The molecule has 0 bridgehead atoms. The number of benzene rings is 1. The summed E-state index contributed by atoms with van der Waals surface area (Å²) in [4.78, 5) is 4.16. The van der Waals surface area contributed by atoms with Crippen LogP contribution in [0.5, 0.6) is 0 Å². The number of nitrogens with zero attached hydrogens (tertiary/aromatic N) is 1. The van der Waals surface area contributed by atoms with Gasteiger partial charge >= 0.3 is 0 Å². The van der Waals surface area contributed by atoms with Crippen LogP contribution in [0, 0.1) is 0 Å². The zero-order valence-corrected chi connectivity index (χ0v) is 12.9. The van der Waals surface area contributed by atoms with Crippen LogP contribution in [0.4, 0.5) is 0 Å². The van der Waals surface area contributed by atoms with E-state index in [1.807, 2.05) is 12.3 Å². The van der Waals surface area contributed by atoms with Gasteiger partial charge in [0.2, 0.25) is 0 Å². The van der Waals surface area contributed by atoms with E-state index in [2.05, 4.69) is 59.0 Å². The lowest BCUT2D eigenvalue weighted by Gasteiger charge is -2.14. The van der Waals surface area contributed by atoms with Crippen LogP contribution in [-0.2, 0) is 0 Å². The minimum Gasteiger partial charge on any atom is -0.320 e. The average Bonchev–Trinajstić information content (AvgIpc) is 2.46. The molecule has 0 radical (unpaired) electrons. The molecule has 0 fully saturated rings. The third-order valence-corrected chi connectivity index (χ3v) is 4.00. The van der Waals surface area contributed by atoms with Crippen LogP contribution < -0.4 is 5.73 Å². The molecule has 1 heterocycles. The fourth-order valence-corrected chi connectivity index (χ4v) is 2.44. The largest absolute Gasteiger partial charge is 0.320 e. The summed E-state index contributed by atoms with van der Waals surface area (Å²) < 4.78 is 0.955. The molecule has 2 nitrogen and oxygen atoms in total. The lowest BCUT2D eigenvalue weighted by molar-refractivity contribution is 0.732. The smallest absolute Gasteiger partial charge is 0.0567 e. The van der Waals surface area contributed by atoms with Crippen molar-refractivity contribution in [3.05, 3.63) is 63.9 Å². The van der Waals surface area contributed by atoms with Crippen LogP contribution in [0.25, 0.3) is 0 Å². The number of rotatable bonds is 4. The zero-order chi connectivity index (χ0) is 13.8. The first kappa shape index (κ1) is 14.2. The van der Waals surface area contributed by atoms with E-state index in [4.69, 9.17) is 5.73 Å². The van der Waals surface area contributed by atoms with Crippen molar-refractivity contribution < 1.29 is 0 Å². The molecule has 19 heavy (non-hydrogen) atoms. The van der Waals surface area contributed by atoms with Crippen molar-refractivity contribution in [2.75, 3.05) is 0 Å². The van der Waals surface area contributed by atoms with E-state index in [1.54, 1.807) is 6.20 Å². The standard InChI is InChI=1S/C16H19BrN2/c1-3-11(2)12-4-6-13(7-5-12)16(18)14-8-15(17)10-19-9-14/h4-11,16H,3,18H2,1-2H3. The predicted molar refractivity (Wildman–Crippen MR) is 83.1 cm³/mol. The van der Waals surface area contributed by atoms with Crippen LogP contribution >= 0.6 is 15.9 Å². The molecule has 0 amide bonds. The van der Waals surface area contributed by atoms with Crippen molar-refractivity contribution in [3.8, 4) is 0 Å². The van der Waals surface area contributed by atoms with Crippen molar-refractivity contribution >= 4 is 15.9 Å². The highest BCUT2D eigenvalue weighted by Gasteiger charge is 2.10. The van der Waals surface area contributed by atoms with E-state index in [1.165, 1.54) is 5.56 Å².